The lowest BCUT2D eigenvalue weighted by Crippen LogP contribution is -2.66. The third-order valence-corrected chi connectivity index (χ3v) is 6.67. The normalized spacial score (nSPS) is 22.8. The van der Waals surface area contributed by atoms with Gasteiger partial charge in [-0.25, -0.2) is 9.67 Å². The van der Waals surface area contributed by atoms with Gasteiger partial charge in [-0.3, -0.25) is 4.90 Å². The molecule has 0 spiro atoms. The lowest BCUT2D eigenvalue weighted by atomic mass is 9.97. The molecule has 0 unspecified atom stereocenters. The number of anilines is 1. The Labute approximate surface area is 242 Å². The van der Waals surface area contributed by atoms with Gasteiger partial charge in [0.15, 0.2) is 12.1 Å². The van der Waals surface area contributed by atoms with E-state index in [2.05, 4.69) is 14.8 Å². The lowest BCUT2D eigenvalue weighted by molar-refractivity contribution is -0.360. The summed E-state index contributed by atoms with van der Waals surface area (Å²) >= 11 is 0. The number of aromatic nitrogens is 3. The van der Waals surface area contributed by atoms with E-state index in [0.29, 0.717) is 17.9 Å². The van der Waals surface area contributed by atoms with Crippen molar-refractivity contribution in [2.24, 2.45) is 0 Å². The molecule has 0 bridgehead atoms. The number of alkyl halides is 5. The number of ether oxygens (including phenoxy) is 5. The Hall–Kier alpha value is -3.86. The summed E-state index contributed by atoms with van der Waals surface area (Å²) < 4.78 is 91.5. The van der Waals surface area contributed by atoms with Crippen LogP contribution in [0.15, 0.2) is 54.9 Å². The fourth-order valence-corrected chi connectivity index (χ4v) is 4.68. The molecule has 16 heteroatoms. The van der Waals surface area contributed by atoms with Crippen LogP contribution in [-0.4, -0.2) is 84.6 Å². The number of carboxylic acid groups (broad SMARTS) is 1. The summed E-state index contributed by atoms with van der Waals surface area (Å²) in [5.74, 6) is -0.482. The highest BCUT2D eigenvalue weighted by Crippen LogP contribution is 2.37. The molecular formula is C27H28F5N4O7-. The molecule has 2 aromatic carbocycles. The third-order valence-electron chi connectivity index (χ3n) is 6.67. The van der Waals surface area contributed by atoms with Gasteiger partial charge in [-0.05, 0) is 62.4 Å². The maximum Gasteiger partial charge on any atom is 0.499 e. The van der Waals surface area contributed by atoms with E-state index in [4.69, 9.17) is 18.9 Å². The number of halogens is 5. The molecule has 1 fully saturated rings. The molecule has 3 aromatic rings. The highest BCUT2D eigenvalue weighted by Gasteiger charge is 2.61. The van der Waals surface area contributed by atoms with Crippen LogP contribution in [0.25, 0.3) is 17.1 Å². The lowest BCUT2D eigenvalue weighted by Gasteiger charge is -2.48. The first-order chi connectivity index (χ1) is 20.3. The van der Waals surface area contributed by atoms with Gasteiger partial charge >= 0.3 is 12.3 Å². The van der Waals surface area contributed by atoms with E-state index in [0.717, 1.165) is 17.0 Å². The van der Waals surface area contributed by atoms with Crippen molar-refractivity contribution in [1.29, 1.82) is 0 Å². The number of carbonyl (C=O) groups is 1. The van der Waals surface area contributed by atoms with Crippen molar-refractivity contribution < 1.29 is 55.5 Å². The molecule has 0 radical (unpaired) electrons. The van der Waals surface area contributed by atoms with Crippen LogP contribution in [0.1, 0.15) is 13.8 Å². The van der Waals surface area contributed by atoms with Crippen LogP contribution in [-0.2, 0) is 18.9 Å². The predicted molar refractivity (Wildman–Crippen MR) is 138 cm³/mol. The van der Waals surface area contributed by atoms with Gasteiger partial charge in [0.2, 0.25) is 0 Å². The van der Waals surface area contributed by atoms with Gasteiger partial charge in [0, 0.05) is 32.1 Å². The highest BCUT2D eigenvalue weighted by atomic mass is 19.4. The van der Waals surface area contributed by atoms with Gasteiger partial charge in [-0.2, -0.15) is 22.0 Å². The summed E-state index contributed by atoms with van der Waals surface area (Å²) in [4.78, 5) is 17.4. The molecular weight excluding hydrogens is 587 g/mol. The Morgan fingerprint density at radius 1 is 1.00 bits per heavy atom. The second-order valence-electron chi connectivity index (χ2n) is 9.36. The van der Waals surface area contributed by atoms with Gasteiger partial charge < -0.3 is 33.6 Å². The Bertz CT molecular complexity index is 1370. The summed E-state index contributed by atoms with van der Waals surface area (Å²) in [6.45, 7) is 3.86. The molecule has 0 aliphatic carbocycles. The molecule has 1 aliphatic heterocycles. The van der Waals surface area contributed by atoms with E-state index in [9.17, 15) is 31.9 Å². The zero-order valence-electron chi connectivity index (χ0n) is 23.3. The van der Waals surface area contributed by atoms with Crippen molar-refractivity contribution in [3.63, 3.8) is 0 Å². The van der Waals surface area contributed by atoms with Crippen molar-refractivity contribution >= 4 is 11.8 Å². The summed E-state index contributed by atoms with van der Waals surface area (Å²) in [7, 11) is 2.91. The maximum atomic E-state index is 13.2. The SMILES string of the molecule is CCO[C@@H]1[C@@H](OC)[C@H](C)O[C@H](N(C(=O)[O-])c2ccc(-c3ncn(-c4ccc(OC(F)(F)C(F)(F)F)cc4)n3)cc2)[C@@H]1OC. The minimum Gasteiger partial charge on any atom is -0.530 e. The third kappa shape index (κ3) is 6.71. The highest BCUT2D eigenvalue weighted by molar-refractivity contribution is 5.85. The fraction of sp³-hybridized carbons (Fsp3) is 0.444. The predicted octanol–water partition coefficient (Wildman–Crippen LogP) is 3.80. The van der Waals surface area contributed by atoms with E-state index in [1.165, 1.54) is 49.5 Å². The molecule has 1 aliphatic rings. The Morgan fingerprint density at radius 3 is 2.16 bits per heavy atom. The number of carbonyl (C=O) groups excluding carboxylic acids is 1. The summed E-state index contributed by atoms with van der Waals surface area (Å²) in [6.07, 6.45) is -15.1. The van der Waals surface area contributed by atoms with Crippen molar-refractivity contribution in [2.75, 3.05) is 25.7 Å². The maximum absolute atomic E-state index is 13.2. The number of hydrogen-bond acceptors (Lipinski definition) is 9. The molecule has 4 rings (SSSR count). The Kier molecular flexibility index (Phi) is 9.54. The van der Waals surface area contributed by atoms with Gasteiger partial charge in [-0.1, -0.05) is 0 Å². The molecule has 2 heterocycles. The number of hydrogen-bond donors (Lipinski definition) is 0. The van der Waals surface area contributed by atoms with E-state index in [1.54, 1.807) is 26.0 Å². The van der Waals surface area contributed by atoms with Gasteiger partial charge in [0.25, 0.3) is 0 Å². The van der Waals surface area contributed by atoms with Gasteiger partial charge in [0.1, 0.15) is 36.5 Å². The molecule has 43 heavy (non-hydrogen) atoms. The van der Waals surface area contributed by atoms with Crippen LogP contribution in [0.4, 0.5) is 32.4 Å². The number of nitrogens with zero attached hydrogens (tertiary/aromatic N) is 4. The van der Waals surface area contributed by atoms with Crippen LogP contribution < -0.4 is 14.7 Å². The van der Waals surface area contributed by atoms with Crippen molar-refractivity contribution in [2.45, 2.75) is 56.8 Å². The van der Waals surface area contributed by atoms with E-state index < -0.39 is 54.8 Å². The average molecular weight is 616 g/mol. The van der Waals surface area contributed by atoms with Gasteiger partial charge in [-0.15, -0.1) is 5.10 Å². The monoisotopic (exact) mass is 615 g/mol. The summed E-state index contributed by atoms with van der Waals surface area (Å²) in [6, 6.07) is 10.4. The quantitative estimate of drug-likeness (QED) is 0.314. The molecule has 11 nitrogen and oxygen atoms in total. The first-order valence-electron chi connectivity index (χ1n) is 12.9. The largest absolute Gasteiger partial charge is 0.530 e. The molecule has 0 saturated carbocycles. The molecule has 234 valence electrons. The summed E-state index contributed by atoms with van der Waals surface area (Å²) in [5.41, 5.74) is 0.992. The number of methoxy groups -OCH3 is 2. The van der Waals surface area contributed by atoms with E-state index in [-0.39, 0.29) is 11.5 Å². The standard InChI is InChI=1S/C27H29F5N4O7/c1-5-41-21-20(39-3)15(2)42-24(22(21)40-4)36(25(37)38)18-8-6-16(7-9-18)23-33-14-35(34-23)17-10-12-19(13-11-17)43-27(31,32)26(28,29)30/h6-15,20-22,24H,5H2,1-4H3,(H,37,38)/p-1/t15-,20-,21+,22+,24-/m0/s1. The first-order valence-corrected chi connectivity index (χ1v) is 12.9. The van der Waals surface area contributed by atoms with E-state index >= 15 is 0 Å². The molecule has 1 amide bonds. The first kappa shape index (κ1) is 32.1. The Balaban J connectivity index is 1.53. The van der Waals surface area contributed by atoms with E-state index in [1.807, 2.05) is 0 Å². The molecule has 0 N–H and O–H groups in total. The Morgan fingerprint density at radius 2 is 1.63 bits per heavy atom. The van der Waals surface area contributed by atoms with Crippen LogP contribution in [0.2, 0.25) is 0 Å². The minimum atomic E-state index is -5.87. The zero-order valence-corrected chi connectivity index (χ0v) is 23.3. The van der Waals surface area contributed by atoms with Crippen molar-refractivity contribution in [3.05, 3.63) is 54.9 Å². The van der Waals surface area contributed by atoms with Crippen LogP contribution in [0.5, 0.6) is 5.75 Å². The second-order valence-corrected chi connectivity index (χ2v) is 9.36. The fourth-order valence-electron chi connectivity index (χ4n) is 4.68. The number of amides is 1. The average Bonchev–Trinajstić information content (AvgIpc) is 3.44. The van der Waals surface area contributed by atoms with Crippen LogP contribution in [0, 0.1) is 0 Å². The summed E-state index contributed by atoms with van der Waals surface area (Å²) in [5, 5.41) is 16.6. The smallest absolute Gasteiger partial charge is 0.499 e. The molecule has 1 saturated heterocycles. The number of rotatable bonds is 10. The second kappa shape index (κ2) is 12.8. The van der Waals surface area contributed by atoms with Crippen LogP contribution in [0.3, 0.4) is 0 Å². The minimum absolute atomic E-state index is 0.208. The number of benzene rings is 2. The molecule has 1 aromatic heterocycles. The van der Waals surface area contributed by atoms with Crippen LogP contribution >= 0.6 is 0 Å². The van der Waals surface area contributed by atoms with Gasteiger partial charge in [0.05, 0.1) is 11.8 Å². The van der Waals surface area contributed by atoms with Crippen molar-refractivity contribution in [1.82, 2.24) is 14.8 Å². The topological polar surface area (TPSA) is 120 Å². The molecule has 5 atom stereocenters. The zero-order chi connectivity index (χ0) is 31.5. The van der Waals surface area contributed by atoms with Crippen molar-refractivity contribution in [3.8, 4) is 22.8 Å².